The number of aliphatic carboxylic acids is 1. The van der Waals surface area contributed by atoms with E-state index in [4.69, 9.17) is 5.11 Å². The Morgan fingerprint density at radius 2 is 2.00 bits per heavy atom. The first-order valence-electron chi connectivity index (χ1n) is 4.85. The summed E-state index contributed by atoms with van der Waals surface area (Å²) in [7, 11) is 0. The third-order valence-corrected chi connectivity index (χ3v) is 2.04. The number of hydrogen-bond donors (Lipinski definition) is 3. The molecular formula is C11H15NO3. The highest BCUT2D eigenvalue weighted by Gasteiger charge is 2.05. The van der Waals surface area contributed by atoms with Gasteiger partial charge in [0.15, 0.2) is 0 Å². The number of rotatable bonds is 6. The van der Waals surface area contributed by atoms with Crippen LogP contribution in [0, 0.1) is 0 Å². The highest BCUT2D eigenvalue weighted by Crippen LogP contribution is 2.03. The van der Waals surface area contributed by atoms with Crippen LogP contribution < -0.4 is 5.32 Å². The van der Waals surface area contributed by atoms with Gasteiger partial charge in [-0.2, -0.15) is 0 Å². The molecule has 1 aromatic carbocycles. The van der Waals surface area contributed by atoms with E-state index in [1.165, 1.54) is 0 Å². The SMILES string of the molecule is O=C(O)CNC(O)CCc1ccccc1. The van der Waals surface area contributed by atoms with Crippen molar-refractivity contribution < 1.29 is 15.0 Å². The molecule has 0 amide bonds. The van der Waals surface area contributed by atoms with Gasteiger partial charge in [0, 0.05) is 0 Å². The summed E-state index contributed by atoms with van der Waals surface area (Å²) in [6.45, 7) is -0.212. The first-order valence-corrected chi connectivity index (χ1v) is 4.85. The minimum atomic E-state index is -0.964. The van der Waals surface area contributed by atoms with E-state index in [1.807, 2.05) is 30.3 Å². The monoisotopic (exact) mass is 209 g/mol. The number of aliphatic hydroxyl groups is 1. The Labute approximate surface area is 88.6 Å². The highest BCUT2D eigenvalue weighted by atomic mass is 16.4. The Kier molecular flexibility index (Phi) is 4.80. The van der Waals surface area contributed by atoms with Gasteiger partial charge >= 0.3 is 5.97 Å². The van der Waals surface area contributed by atoms with Crippen LogP contribution in [0.15, 0.2) is 30.3 Å². The van der Waals surface area contributed by atoms with E-state index in [1.54, 1.807) is 0 Å². The van der Waals surface area contributed by atoms with Crippen molar-refractivity contribution >= 4 is 5.97 Å². The highest BCUT2D eigenvalue weighted by molar-refractivity contribution is 5.69. The van der Waals surface area contributed by atoms with Gasteiger partial charge in [-0.1, -0.05) is 30.3 Å². The lowest BCUT2D eigenvalue weighted by atomic mass is 10.1. The summed E-state index contributed by atoms with van der Waals surface area (Å²) in [5, 5.41) is 20.3. The quantitative estimate of drug-likeness (QED) is 0.600. The fraction of sp³-hybridized carbons (Fsp3) is 0.364. The lowest BCUT2D eigenvalue weighted by Gasteiger charge is -2.10. The molecule has 1 rings (SSSR count). The second kappa shape index (κ2) is 6.16. The van der Waals surface area contributed by atoms with E-state index in [9.17, 15) is 9.90 Å². The molecular weight excluding hydrogens is 194 g/mol. The molecule has 0 aliphatic heterocycles. The van der Waals surface area contributed by atoms with Gasteiger partial charge < -0.3 is 10.2 Å². The molecule has 4 heteroatoms. The van der Waals surface area contributed by atoms with Crippen LogP contribution in [-0.4, -0.2) is 29.0 Å². The zero-order chi connectivity index (χ0) is 11.1. The van der Waals surface area contributed by atoms with E-state index in [0.29, 0.717) is 6.42 Å². The molecule has 0 radical (unpaired) electrons. The van der Waals surface area contributed by atoms with Crippen LogP contribution in [0.4, 0.5) is 0 Å². The number of hydrogen-bond acceptors (Lipinski definition) is 3. The molecule has 1 unspecified atom stereocenters. The van der Waals surface area contributed by atoms with Gasteiger partial charge in [0.05, 0.1) is 6.54 Å². The Morgan fingerprint density at radius 1 is 1.33 bits per heavy atom. The lowest BCUT2D eigenvalue weighted by molar-refractivity contribution is -0.136. The summed E-state index contributed by atoms with van der Waals surface area (Å²) in [6.07, 6.45) is 0.479. The maximum atomic E-state index is 10.2. The molecule has 0 bridgehead atoms. The lowest BCUT2D eigenvalue weighted by Crippen LogP contribution is -2.33. The predicted octanol–water partition coefficient (Wildman–Crippen LogP) is 0.612. The van der Waals surface area contributed by atoms with Gasteiger partial charge in [-0.05, 0) is 18.4 Å². The van der Waals surface area contributed by atoms with Crippen molar-refractivity contribution in [1.82, 2.24) is 5.32 Å². The summed E-state index contributed by atoms with van der Waals surface area (Å²) >= 11 is 0. The van der Waals surface area contributed by atoms with E-state index in [0.717, 1.165) is 12.0 Å². The van der Waals surface area contributed by atoms with E-state index in [-0.39, 0.29) is 6.54 Å². The molecule has 15 heavy (non-hydrogen) atoms. The largest absolute Gasteiger partial charge is 0.480 e. The summed E-state index contributed by atoms with van der Waals surface area (Å²) in [6, 6.07) is 9.76. The summed E-state index contributed by atoms with van der Waals surface area (Å²) in [5.41, 5.74) is 1.13. The van der Waals surface area contributed by atoms with Gasteiger partial charge in [0.25, 0.3) is 0 Å². The van der Waals surface area contributed by atoms with E-state index in [2.05, 4.69) is 5.32 Å². The molecule has 0 saturated heterocycles. The third kappa shape index (κ3) is 5.15. The standard InChI is InChI=1S/C11H15NO3/c13-10(12-8-11(14)15)7-6-9-4-2-1-3-5-9/h1-5,10,12-13H,6-8H2,(H,14,15). The Hall–Kier alpha value is -1.39. The van der Waals surface area contributed by atoms with Crippen LogP contribution in [0.3, 0.4) is 0 Å². The maximum absolute atomic E-state index is 10.2. The minimum Gasteiger partial charge on any atom is -0.480 e. The molecule has 1 aromatic rings. The fourth-order valence-electron chi connectivity index (χ4n) is 1.26. The molecule has 1 atom stereocenters. The molecule has 0 fully saturated rings. The average Bonchev–Trinajstić information content (AvgIpc) is 2.25. The normalized spacial score (nSPS) is 12.3. The molecule has 0 heterocycles. The van der Waals surface area contributed by atoms with Crippen molar-refractivity contribution in [3.8, 4) is 0 Å². The topological polar surface area (TPSA) is 69.6 Å². The van der Waals surface area contributed by atoms with Crippen LogP contribution >= 0.6 is 0 Å². The molecule has 0 aromatic heterocycles. The van der Waals surface area contributed by atoms with Crippen LogP contribution in [0.25, 0.3) is 0 Å². The van der Waals surface area contributed by atoms with Crippen molar-refractivity contribution in [2.24, 2.45) is 0 Å². The number of benzene rings is 1. The number of carboxylic acids is 1. The van der Waals surface area contributed by atoms with Crippen molar-refractivity contribution in [1.29, 1.82) is 0 Å². The molecule has 0 aliphatic carbocycles. The smallest absolute Gasteiger partial charge is 0.317 e. The van der Waals surface area contributed by atoms with Crippen LogP contribution in [0.5, 0.6) is 0 Å². The number of aliphatic hydroxyl groups excluding tert-OH is 1. The van der Waals surface area contributed by atoms with Crippen LogP contribution in [-0.2, 0) is 11.2 Å². The number of carboxylic acid groups (broad SMARTS) is 1. The van der Waals surface area contributed by atoms with Crippen molar-refractivity contribution in [2.45, 2.75) is 19.1 Å². The van der Waals surface area contributed by atoms with E-state index < -0.39 is 12.2 Å². The molecule has 0 aliphatic rings. The molecule has 82 valence electrons. The third-order valence-electron chi connectivity index (χ3n) is 2.04. The Balaban J connectivity index is 2.22. The number of nitrogens with one attached hydrogen (secondary N) is 1. The average molecular weight is 209 g/mol. The van der Waals surface area contributed by atoms with Gasteiger partial charge in [0.2, 0.25) is 0 Å². The van der Waals surface area contributed by atoms with Gasteiger partial charge in [-0.3, -0.25) is 10.1 Å². The van der Waals surface area contributed by atoms with Crippen LogP contribution in [0.2, 0.25) is 0 Å². The number of aryl methyl sites for hydroxylation is 1. The molecule has 4 nitrogen and oxygen atoms in total. The second-order valence-electron chi connectivity index (χ2n) is 3.31. The summed E-state index contributed by atoms with van der Waals surface area (Å²) in [4.78, 5) is 10.2. The number of carbonyl (C=O) groups is 1. The second-order valence-corrected chi connectivity index (χ2v) is 3.31. The van der Waals surface area contributed by atoms with Crippen molar-refractivity contribution in [3.05, 3.63) is 35.9 Å². The Morgan fingerprint density at radius 3 is 2.60 bits per heavy atom. The molecule has 3 N–H and O–H groups in total. The Bertz CT molecular complexity index is 300. The van der Waals surface area contributed by atoms with Crippen molar-refractivity contribution in [3.63, 3.8) is 0 Å². The van der Waals surface area contributed by atoms with Gasteiger partial charge in [-0.25, -0.2) is 0 Å². The first-order chi connectivity index (χ1) is 7.18. The molecule has 0 saturated carbocycles. The fourth-order valence-corrected chi connectivity index (χ4v) is 1.26. The van der Waals surface area contributed by atoms with Gasteiger partial charge in [0.1, 0.15) is 6.23 Å². The van der Waals surface area contributed by atoms with E-state index >= 15 is 0 Å². The van der Waals surface area contributed by atoms with Gasteiger partial charge in [-0.15, -0.1) is 0 Å². The zero-order valence-electron chi connectivity index (χ0n) is 8.39. The summed E-state index contributed by atoms with van der Waals surface area (Å²) in [5.74, 6) is -0.964. The first kappa shape index (κ1) is 11.7. The van der Waals surface area contributed by atoms with Crippen molar-refractivity contribution in [2.75, 3.05) is 6.54 Å². The molecule has 0 spiro atoms. The minimum absolute atomic E-state index is 0.212. The maximum Gasteiger partial charge on any atom is 0.317 e. The predicted molar refractivity (Wildman–Crippen MR) is 56.4 cm³/mol. The zero-order valence-corrected chi connectivity index (χ0v) is 8.39. The summed E-state index contributed by atoms with van der Waals surface area (Å²) < 4.78 is 0. The van der Waals surface area contributed by atoms with Crippen LogP contribution in [0.1, 0.15) is 12.0 Å².